The van der Waals surface area contributed by atoms with Gasteiger partial charge in [0.25, 0.3) is 0 Å². The van der Waals surface area contributed by atoms with E-state index in [2.05, 4.69) is 24.3 Å². The van der Waals surface area contributed by atoms with Crippen molar-refractivity contribution in [3.05, 3.63) is 72.3 Å². The molecular formula is C19H16O2. The van der Waals surface area contributed by atoms with E-state index in [0.717, 1.165) is 27.8 Å². The van der Waals surface area contributed by atoms with Gasteiger partial charge in [0, 0.05) is 0 Å². The zero-order chi connectivity index (χ0) is 14.8. The number of phenols is 2. The summed E-state index contributed by atoms with van der Waals surface area (Å²) < 4.78 is 0. The Bertz CT molecular complexity index is 757. The summed E-state index contributed by atoms with van der Waals surface area (Å²) in [6.45, 7) is 1.89. The predicted octanol–water partition coefficient (Wildman–Crippen LogP) is 4.74. The molecule has 0 fully saturated rings. The van der Waals surface area contributed by atoms with E-state index in [4.69, 9.17) is 0 Å². The second-order valence-electron chi connectivity index (χ2n) is 5.13. The summed E-state index contributed by atoms with van der Waals surface area (Å²) in [5.41, 5.74) is 5.24. The van der Waals surface area contributed by atoms with Crippen molar-refractivity contribution in [3.8, 4) is 33.8 Å². The number of aromatic hydroxyl groups is 2. The van der Waals surface area contributed by atoms with E-state index in [1.807, 2.05) is 31.2 Å². The molecule has 0 aliphatic carbocycles. The fourth-order valence-electron chi connectivity index (χ4n) is 2.34. The average molecular weight is 276 g/mol. The maximum Gasteiger partial charge on any atom is 0.118 e. The van der Waals surface area contributed by atoms with Crippen molar-refractivity contribution in [2.24, 2.45) is 0 Å². The van der Waals surface area contributed by atoms with Gasteiger partial charge in [-0.05, 0) is 59.0 Å². The summed E-state index contributed by atoms with van der Waals surface area (Å²) in [4.78, 5) is 0. The molecule has 2 N–H and O–H groups in total. The van der Waals surface area contributed by atoms with Gasteiger partial charge < -0.3 is 10.2 Å². The molecule has 3 rings (SSSR count). The second-order valence-corrected chi connectivity index (χ2v) is 5.13. The van der Waals surface area contributed by atoms with Gasteiger partial charge in [-0.2, -0.15) is 0 Å². The molecule has 3 aromatic rings. The van der Waals surface area contributed by atoms with Crippen molar-refractivity contribution in [3.63, 3.8) is 0 Å². The van der Waals surface area contributed by atoms with Gasteiger partial charge in [-0.3, -0.25) is 0 Å². The van der Waals surface area contributed by atoms with Gasteiger partial charge in [0.05, 0.1) is 0 Å². The number of hydrogen-bond donors (Lipinski definition) is 2. The lowest BCUT2D eigenvalue weighted by molar-refractivity contribution is 0.471. The van der Waals surface area contributed by atoms with Crippen LogP contribution >= 0.6 is 0 Å². The highest BCUT2D eigenvalue weighted by Crippen LogP contribution is 2.28. The molecular weight excluding hydrogens is 260 g/mol. The van der Waals surface area contributed by atoms with E-state index in [0.29, 0.717) is 5.75 Å². The van der Waals surface area contributed by atoms with E-state index in [1.165, 1.54) is 0 Å². The van der Waals surface area contributed by atoms with Crippen LogP contribution in [0.3, 0.4) is 0 Å². The molecule has 3 aromatic carbocycles. The van der Waals surface area contributed by atoms with Gasteiger partial charge in [0.1, 0.15) is 11.5 Å². The molecule has 0 spiro atoms. The maximum absolute atomic E-state index is 9.59. The standard InChI is InChI=1S/C19H16O2/c1-13-12-17(8-11-19(13)21)16-4-2-14(3-5-16)15-6-9-18(20)10-7-15/h2-12,20-21H,1H3. The summed E-state index contributed by atoms with van der Waals surface area (Å²) in [6, 6.07) is 21.0. The van der Waals surface area contributed by atoms with Gasteiger partial charge in [-0.15, -0.1) is 0 Å². The highest BCUT2D eigenvalue weighted by atomic mass is 16.3. The normalized spacial score (nSPS) is 10.5. The minimum atomic E-state index is 0.273. The Morgan fingerprint density at radius 2 is 1.00 bits per heavy atom. The first kappa shape index (κ1) is 13.3. The molecule has 0 atom stereocenters. The molecule has 0 bridgehead atoms. The largest absolute Gasteiger partial charge is 0.508 e. The SMILES string of the molecule is Cc1cc(-c2ccc(-c3ccc(O)cc3)cc2)ccc1O. The van der Waals surface area contributed by atoms with Gasteiger partial charge in [0.2, 0.25) is 0 Å². The maximum atomic E-state index is 9.59. The number of aryl methyl sites for hydroxylation is 1. The van der Waals surface area contributed by atoms with E-state index in [-0.39, 0.29) is 5.75 Å². The fraction of sp³-hybridized carbons (Fsp3) is 0.0526. The van der Waals surface area contributed by atoms with Crippen LogP contribution in [0, 0.1) is 6.92 Å². The first-order chi connectivity index (χ1) is 10.1. The number of benzene rings is 3. The molecule has 0 aliphatic rings. The molecule has 0 aromatic heterocycles. The Hall–Kier alpha value is -2.74. The summed E-state index contributed by atoms with van der Waals surface area (Å²) in [7, 11) is 0. The first-order valence-electron chi connectivity index (χ1n) is 6.83. The average Bonchev–Trinajstić information content (AvgIpc) is 2.51. The van der Waals surface area contributed by atoms with Crippen molar-refractivity contribution < 1.29 is 10.2 Å². The van der Waals surface area contributed by atoms with Crippen molar-refractivity contribution in [1.29, 1.82) is 0 Å². The molecule has 0 radical (unpaired) electrons. The van der Waals surface area contributed by atoms with Crippen molar-refractivity contribution >= 4 is 0 Å². The zero-order valence-corrected chi connectivity index (χ0v) is 11.7. The highest BCUT2D eigenvalue weighted by molar-refractivity contribution is 5.71. The lowest BCUT2D eigenvalue weighted by Crippen LogP contribution is -1.82. The topological polar surface area (TPSA) is 40.5 Å². The molecule has 0 aliphatic heterocycles. The number of hydrogen-bond acceptors (Lipinski definition) is 2. The van der Waals surface area contributed by atoms with Crippen molar-refractivity contribution in [1.82, 2.24) is 0 Å². The van der Waals surface area contributed by atoms with Gasteiger partial charge in [0.15, 0.2) is 0 Å². The van der Waals surface area contributed by atoms with Crippen LogP contribution in [0.25, 0.3) is 22.3 Å². The van der Waals surface area contributed by atoms with Crippen LogP contribution < -0.4 is 0 Å². The van der Waals surface area contributed by atoms with Crippen LogP contribution in [0.1, 0.15) is 5.56 Å². The van der Waals surface area contributed by atoms with E-state index < -0.39 is 0 Å². The number of rotatable bonds is 2. The molecule has 2 nitrogen and oxygen atoms in total. The zero-order valence-electron chi connectivity index (χ0n) is 11.7. The van der Waals surface area contributed by atoms with Crippen molar-refractivity contribution in [2.75, 3.05) is 0 Å². The molecule has 0 saturated carbocycles. The third kappa shape index (κ3) is 2.75. The van der Waals surface area contributed by atoms with Gasteiger partial charge in [-0.25, -0.2) is 0 Å². The highest BCUT2D eigenvalue weighted by Gasteiger charge is 2.03. The van der Waals surface area contributed by atoms with Gasteiger partial charge >= 0.3 is 0 Å². The Kier molecular flexibility index (Phi) is 3.36. The third-order valence-electron chi connectivity index (χ3n) is 3.62. The van der Waals surface area contributed by atoms with Crippen LogP contribution in [-0.4, -0.2) is 10.2 Å². The Morgan fingerprint density at radius 1 is 0.571 bits per heavy atom. The Balaban J connectivity index is 1.93. The van der Waals surface area contributed by atoms with E-state index in [9.17, 15) is 10.2 Å². The molecule has 21 heavy (non-hydrogen) atoms. The minimum absolute atomic E-state index is 0.273. The molecule has 104 valence electrons. The molecule has 0 unspecified atom stereocenters. The lowest BCUT2D eigenvalue weighted by atomic mass is 9.99. The smallest absolute Gasteiger partial charge is 0.118 e. The molecule has 0 saturated heterocycles. The summed E-state index contributed by atoms with van der Waals surface area (Å²) in [5, 5.41) is 18.9. The Morgan fingerprint density at radius 3 is 1.52 bits per heavy atom. The fourth-order valence-corrected chi connectivity index (χ4v) is 2.34. The summed E-state index contributed by atoms with van der Waals surface area (Å²) in [5.74, 6) is 0.592. The monoisotopic (exact) mass is 276 g/mol. The predicted molar refractivity (Wildman–Crippen MR) is 85.4 cm³/mol. The van der Waals surface area contributed by atoms with Gasteiger partial charge in [-0.1, -0.05) is 42.5 Å². The van der Waals surface area contributed by atoms with Crippen LogP contribution in [0.4, 0.5) is 0 Å². The van der Waals surface area contributed by atoms with E-state index in [1.54, 1.807) is 18.2 Å². The molecule has 0 heterocycles. The van der Waals surface area contributed by atoms with Crippen LogP contribution in [0.2, 0.25) is 0 Å². The van der Waals surface area contributed by atoms with Crippen LogP contribution in [0.5, 0.6) is 11.5 Å². The van der Waals surface area contributed by atoms with Crippen LogP contribution in [0.15, 0.2) is 66.7 Å². The van der Waals surface area contributed by atoms with Crippen LogP contribution in [-0.2, 0) is 0 Å². The summed E-state index contributed by atoms with van der Waals surface area (Å²) >= 11 is 0. The number of phenolic OH excluding ortho intramolecular Hbond substituents is 2. The summed E-state index contributed by atoms with van der Waals surface area (Å²) in [6.07, 6.45) is 0. The third-order valence-corrected chi connectivity index (χ3v) is 3.62. The van der Waals surface area contributed by atoms with Crippen molar-refractivity contribution in [2.45, 2.75) is 6.92 Å². The second kappa shape index (κ2) is 5.33. The first-order valence-corrected chi connectivity index (χ1v) is 6.83. The van der Waals surface area contributed by atoms with E-state index >= 15 is 0 Å². The molecule has 0 amide bonds. The lowest BCUT2D eigenvalue weighted by Gasteiger charge is -2.07. The molecule has 2 heteroatoms. The quantitative estimate of drug-likeness (QED) is 0.709. The minimum Gasteiger partial charge on any atom is -0.508 e. The Labute approximate surface area is 123 Å².